The first-order valence-corrected chi connectivity index (χ1v) is 8.26. The highest BCUT2D eigenvalue weighted by Crippen LogP contribution is 2.32. The lowest BCUT2D eigenvalue weighted by molar-refractivity contribution is -0.123. The Morgan fingerprint density at radius 3 is 2.74 bits per heavy atom. The van der Waals surface area contributed by atoms with Gasteiger partial charge in [-0.1, -0.05) is 19.1 Å². The molecule has 122 valence electrons. The molecule has 6 nitrogen and oxygen atoms in total. The van der Waals surface area contributed by atoms with Crippen LogP contribution in [0.2, 0.25) is 0 Å². The summed E-state index contributed by atoms with van der Waals surface area (Å²) >= 11 is 1.33. The van der Waals surface area contributed by atoms with Gasteiger partial charge in [0.2, 0.25) is 11.8 Å². The van der Waals surface area contributed by atoms with Crippen LogP contribution in [0.4, 0.5) is 5.13 Å². The molecular formula is C16H19N3O3S. The molecular weight excluding hydrogens is 314 g/mol. The number of rotatable bonds is 7. The van der Waals surface area contributed by atoms with Crippen molar-refractivity contribution in [1.29, 1.82) is 0 Å². The molecule has 0 aliphatic carbocycles. The van der Waals surface area contributed by atoms with Crippen LogP contribution < -0.4 is 15.4 Å². The van der Waals surface area contributed by atoms with Crippen molar-refractivity contribution in [3.8, 4) is 17.0 Å². The molecule has 0 radical (unpaired) electrons. The molecule has 2 rings (SSSR count). The van der Waals surface area contributed by atoms with Crippen LogP contribution in [-0.2, 0) is 9.59 Å². The van der Waals surface area contributed by atoms with E-state index in [1.165, 1.54) is 11.3 Å². The molecule has 7 heteroatoms. The van der Waals surface area contributed by atoms with E-state index in [1.54, 1.807) is 6.92 Å². The Kier molecular flexibility index (Phi) is 6.10. The predicted octanol–water partition coefficient (Wildman–Crippen LogP) is 2.67. The molecule has 0 atom stereocenters. The third-order valence-electron chi connectivity index (χ3n) is 2.98. The minimum Gasteiger partial charge on any atom is -0.493 e. The van der Waals surface area contributed by atoms with Crippen LogP contribution in [0.5, 0.6) is 5.75 Å². The van der Waals surface area contributed by atoms with E-state index in [1.807, 2.05) is 36.6 Å². The number of hydrogen-bond acceptors (Lipinski definition) is 5. The Morgan fingerprint density at radius 2 is 2.00 bits per heavy atom. The Bertz CT molecular complexity index is 685. The summed E-state index contributed by atoms with van der Waals surface area (Å²) in [5.41, 5.74) is 1.62. The fraction of sp³-hybridized carbons (Fsp3) is 0.312. The molecule has 23 heavy (non-hydrogen) atoms. The number of benzene rings is 1. The highest BCUT2D eigenvalue weighted by molar-refractivity contribution is 7.14. The van der Waals surface area contributed by atoms with E-state index in [0.29, 0.717) is 18.2 Å². The second-order valence-corrected chi connectivity index (χ2v) is 5.50. The van der Waals surface area contributed by atoms with Crippen molar-refractivity contribution < 1.29 is 14.3 Å². The van der Waals surface area contributed by atoms with Crippen LogP contribution in [0.25, 0.3) is 11.3 Å². The second kappa shape index (κ2) is 8.28. The Labute approximate surface area is 138 Å². The Balaban J connectivity index is 2.03. The molecule has 0 saturated heterocycles. The first-order chi connectivity index (χ1) is 11.1. The van der Waals surface area contributed by atoms with E-state index in [0.717, 1.165) is 17.0 Å². The number of nitrogens with one attached hydrogen (secondary N) is 2. The SMILES string of the molecule is CCOc1ccccc1-c1csc(NC(=O)CNC(=O)CC)n1. The summed E-state index contributed by atoms with van der Waals surface area (Å²) in [5, 5.41) is 7.55. The molecule has 2 aromatic rings. The van der Waals surface area contributed by atoms with Gasteiger partial charge in [0, 0.05) is 17.4 Å². The van der Waals surface area contributed by atoms with Gasteiger partial charge in [-0.15, -0.1) is 11.3 Å². The number of carbonyl (C=O) groups is 2. The molecule has 0 unspecified atom stereocenters. The molecule has 0 fully saturated rings. The molecule has 0 bridgehead atoms. The highest BCUT2D eigenvalue weighted by atomic mass is 32.1. The number of nitrogens with zero attached hydrogens (tertiary/aromatic N) is 1. The first kappa shape index (κ1) is 17.0. The normalized spacial score (nSPS) is 10.2. The van der Waals surface area contributed by atoms with E-state index in [9.17, 15) is 9.59 Å². The monoisotopic (exact) mass is 333 g/mol. The lowest BCUT2D eigenvalue weighted by atomic mass is 10.1. The minimum absolute atomic E-state index is 0.0584. The Morgan fingerprint density at radius 1 is 1.22 bits per heavy atom. The van der Waals surface area contributed by atoms with Crippen molar-refractivity contribution >= 4 is 28.3 Å². The fourth-order valence-electron chi connectivity index (χ4n) is 1.88. The van der Waals surface area contributed by atoms with Gasteiger partial charge >= 0.3 is 0 Å². The fourth-order valence-corrected chi connectivity index (χ4v) is 2.61. The van der Waals surface area contributed by atoms with Crippen LogP contribution in [0.3, 0.4) is 0 Å². The zero-order chi connectivity index (χ0) is 16.7. The largest absolute Gasteiger partial charge is 0.493 e. The van der Waals surface area contributed by atoms with Crippen molar-refractivity contribution in [2.24, 2.45) is 0 Å². The lowest BCUT2D eigenvalue weighted by Crippen LogP contribution is -2.32. The third kappa shape index (κ3) is 4.79. The van der Waals surface area contributed by atoms with Gasteiger partial charge in [0.05, 0.1) is 18.8 Å². The molecule has 2 N–H and O–H groups in total. The smallest absolute Gasteiger partial charge is 0.245 e. The van der Waals surface area contributed by atoms with Crippen molar-refractivity contribution in [3.05, 3.63) is 29.6 Å². The summed E-state index contributed by atoms with van der Waals surface area (Å²) in [4.78, 5) is 27.3. The number of hydrogen-bond donors (Lipinski definition) is 2. The molecule has 0 saturated carbocycles. The van der Waals surface area contributed by atoms with Gasteiger partial charge in [0.15, 0.2) is 5.13 Å². The number of aromatic nitrogens is 1. The van der Waals surface area contributed by atoms with Gasteiger partial charge in [-0.3, -0.25) is 9.59 Å². The third-order valence-corrected chi connectivity index (χ3v) is 3.74. The summed E-state index contributed by atoms with van der Waals surface area (Å²) in [5.74, 6) is 0.296. The van der Waals surface area contributed by atoms with E-state index in [4.69, 9.17) is 4.74 Å². The van der Waals surface area contributed by atoms with Gasteiger partial charge in [-0.05, 0) is 19.1 Å². The number of para-hydroxylation sites is 1. The van der Waals surface area contributed by atoms with Crippen LogP contribution in [0.1, 0.15) is 20.3 Å². The summed E-state index contributed by atoms with van der Waals surface area (Å²) in [6.45, 7) is 4.17. The average Bonchev–Trinajstić information content (AvgIpc) is 3.01. The maximum atomic E-state index is 11.8. The van der Waals surface area contributed by atoms with Crippen molar-refractivity contribution in [2.75, 3.05) is 18.5 Å². The van der Waals surface area contributed by atoms with Crippen molar-refractivity contribution in [1.82, 2.24) is 10.3 Å². The number of amides is 2. The summed E-state index contributed by atoms with van der Waals surface area (Å²) in [6.07, 6.45) is 0.350. The average molecular weight is 333 g/mol. The highest BCUT2D eigenvalue weighted by Gasteiger charge is 2.11. The van der Waals surface area contributed by atoms with E-state index in [2.05, 4.69) is 15.6 Å². The van der Waals surface area contributed by atoms with Crippen LogP contribution >= 0.6 is 11.3 Å². The van der Waals surface area contributed by atoms with Gasteiger partial charge < -0.3 is 15.4 Å². The Hall–Kier alpha value is -2.41. The topological polar surface area (TPSA) is 80.3 Å². The quantitative estimate of drug-likeness (QED) is 0.816. The standard InChI is InChI=1S/C16H19N3O3S/c1-3-14(20)17-9-15(21)19-16-18-12(10-23-16)11-7-5-6-8-13(11)22-4-2/h5-8,10H,3-4,9H2,1-2H3,(H,17,20)(H,18,19,21). The maximum absolute atomic E-state index is 11.8. The molecule has 1 aromatic carbocycles. The molecule has 2 amide bonds. The number of carbonyl (C=O) groups excluding carboxylic acids is 2. The van der Waals surface area contributed by atoms with Gasteiger partial charge in [0.25, 0.3) is 0 Å². The van der Waals surface area contributed by atoms with E-state index >= 15 is 0 Å². The van der Waals surface area contributed by atoms with Crippen LogP contribution in [-0.4, -0.2) is 29.9 Å². The summed E-state index contributed by atoms with van der Waals surface area (Å²) in [7, 11) is 0. The van der Waals surface area contributed by atoms with Gasteiger partial charge in [-0.25, -0.2) is 4.98 Å². The first-order valence-electron chi connectivity index (χ1n) is 7.38. The van der Waals surface area contributed by atoms with E-state index in [-0.39, 0.29) is 18.4 Å². The second-order valence-electron chi connectivity index (χ2n) is 4.65. The van der Waals surface area contributed by atoms with Crippen molar-refractivity contribution in [2.45, 2.75) is 20.3 Å². The number of ether oxygens (including phenoxy) is 1. The van der Waals surface area contributed by atoms with E-state index < -0.39 is 0 Å². The lowest BCUT2D eigenvalue weighted by Gasteiger charge is -2.07. The summed E-state index contributed by atoms with van der Waals surface area (Å²) < 4.78 is 5.59. The van der Waals surface area contributed by atoms with Crippen LogP contribution in [0, 0.1) is 0 Å². The molecule has 0 aliphatic rings. The van der Waals surface area contributed by atoms with Crippen LogP contribution in [0.15, 0.2) is 29.6 Å². The number of anilines is 1. The molecule has 0 aliphatic heterocycles. The van der Waals surface area contributed by atoms with Crippen molar-refractivity contribution in [3.63, 3.8) is 0 Å². The molecule has 1 heterocycles. The maximum Gasteiger partial charge on any atom is 0.245 e. The number of thiazole rings is 1. The molecule has 1 aromatic heterocycles. The van der Waals surface area contributed by atoms with Gasteiger partial charge in [-0.2, -0.15) is 0 Å². The van der Waals surface area contributed by atoms with Gasteiger partial charge in [0.1, 0.15) is 5.75 Å². The summed E-state index contributed by atoms with van der Waals surface area (Å²) in [6, 6.07) is 7.62. The zero-order valence-corrected chi connectivity index (χ0v) is 13.9. The minimum atomic E-state index is -0.300. The zero-order valence-electron chi connectivity index (χ0n) is 13.1. The predicted molar refractivity (Wildman–Crippen MR) is 90.6 cm³/mol. The molecule has 0 spiro atoms.